The highest BCUT2D eigenvalue weighted by atomic mass is 79.9. The Hall–Kier alpha value is -1.12. The first-order chi connectivity index (χ1) is 9.22. The van der Waals surface area contributed by atoms with Crippen LogP contribution in [0.4, 0.5) is 0 Å². The number of nitrogens with one attached hydrogen (secondary N) is 1. The van der Waals surface area contributed by atoms with Gasteiger partial charge in [0.25, 0.3) is 0 Å². The van der Waals surface area contributed by atoms with Crippen LogP contribution in [0.3, 0.4) is 0 Å². The Morgan fingerprint density at radius 1 is 1.11 bits per heavy atom. The Labute approximate surface area is 124 Å². The maximum atomic E-state index is 3.66. The van der Waals surface area contributed by atoms with E-state index in [9.17, 15) is 0 Å². The average Bonchev–Trinajstić information content (AvgIpc) is 2.41. The number of benzene rings is 2. The molecule has 0 radical (unpaired) electrons. The maximum Gasteiger partial charge on any atom is 0.0587 e. The van der Waals surface area contributed by atoms with Crippen LogP contribution in [0, 0.1) is 6.92 Å². The molecule has 2 aromatic carbocycles. The highest BCUT2D eigenvalue weighted by Crippen LogP contribution is 2.28. The largest absolute Gasteiger partial charge is 0.306 e. The van der Waals surface area contributed by atoms with E-state index in [-0.39, 0.29) is 6.04 Å². The first-order valence-electron chi connectivity index (χ1n) is 6.76. The lowest BCUT2D eigenvalue weighted by atomic mass is 9.97. The van der Waals surface area contributed by atoms with Crippen LogP contribution < -0.4 is 5.32 Å². The van der Waals surface area contributed by atoms with Crippen molar-refractivity contribution < 1.29 is 0 Å². The molecule has 0 saturated heterocycles. The fourth-order valence-corrected chi connectivity index (χ4v) is 2.77. The van der Waals surface area contributed by atoms with Crippen molar-refractivity contribution in [1.29, 1.82) is 0 Å². The Balaban J connectivity index is 2.38. The highest BCUT2D eigenvalue weighted by molar-refractivity contribution is 9.10. The van der Waals surface area contributed by atoms with Gasteiger partial charge >= 0.3 is 0 Å². The summed E-state index contributed by atoms with van der Waals surface area (Å²) in [5, 5.41) is 3.64. The quantitative estimate of drug-likeness (QED) is 0.831. The first-order valence-corrected chi connectivity index (χ1v) is 7.56. The molecule has 0 amide bonds. The third kappa shape index (κ3) is 3.68. The molecule has 0 aliphatic heterocycles. The van der Waals surface area contributed by atoms with E-state index in [4.69, 9.17) is 0 Å². The van der Waals surface area contributed by atoms with Gasteiger partial charge in [-0.3, -0.25) is 0 Å². The van der Waals surface area contributed by atoms with Crippen molar-refractivity contribution in [3.05, 3.63) is 69.7 Å². The van der Waals surface area contributed by atoms with Gasteiger partial charge in [0.1, 0.15) is 0 Å². The summed E-state index contributed by atoms with van der Waals surface area (Å²) in [4.78, 5) is 0. The van der Waals surface area contributed by atoms with Gasteiger partial charge in [-0.1, -0.05) is 70.9 Å². The summed E-state index contributed by atoms with van der Waals surface area (Å²) >= 11 is 3.66. The zero-order chi connectivity index (χ0) is 13.7. The standard InChI is InChI=1S/C17H20BrN/c1-3-11-19-17(14-8-6-7-13(2)12-14)15-9-4-5-10-16(15)18/h4-10,12,17,19H,3,11H2,1-2H3. The van der Waals surface area contributed by atoms with Gasteiger partial charge < -0.3 is 5.32 Å². The fraction of sp³-hybridized carbons (Fsp3) is 0.294. The summed E-state index contributed by atoms with van der Waals surface area (Å²) in [6.07, 6.45) is 1.13. The molecule has 0 heterocycles. The van der Waals surface area contributed by atoms with Crippen molar-refractivity contribution >= 4 is 15.9 Å². The van der Waals surface area contributed by atoms with Gasteiger partial charge in [0, 0.05) is 4.47 Å². The number of hydrogen-bond donors (Lipinski definition) is 1. The Bertz CT molecular complexity index is 536. The molecule has 1 unspecified atom stereocenters. The van der Waals surface area contributed by atoms with Gasteiger partial charge in [0.2, 0.25) is 0 Å². The summed E-state index contributed by atoms with van der Waals surface area (Å²) in [6.45, 7) is 5.35. The minimum absolute atomic E-state index is 0.246. The lowest BCUT2D eigenvalue weighted by Gasteiger charge is -2.21. The van der Waals surface area contributed by atoms with E-state index in [2.05, 4.69) is 83.6 Å². The Morgan fingerprint density at radius 3 is 2.58 bits per heavy atom. The molecule has 1 atom stereocenters. The molecule has 0 fully saturated rings. The number of hydrogen-bond acceptors (Lipinski definition) is 1. The first kappa shape index (κ1) is 14.3. The van der Waals surface area contributed by atoms with Gasteiger partial charge in [-0.2, -0.15) is 0 Å². The van der Waals surface area contributed by atoms with Crippen molar-refractivity contribution in [2.24, 2.45) is 0 Å². The molecule has 0 aromatic heterocycles. The van der Waals surface area contributed by atoms with Crippen LogP contribution in [0.2, 0.25) is 0 Å². The summed E-state index contributed by atoms with van der Waals surface area (Å²) in [7, 11) is 0. The van der Waals surface area contributed by atoms with Gasteiger partial charge in [-0.15, -0.1) is 0 Å². The molecule has 0 aliphatic carbocycles. The highest BCUT2D eigenvalue weighted by Gasteiger charge is 2.15. The number of rotatable bonds is 5. The van der Waals surface area contributed by atoms with Crippen LogP contribution in [0.25, 0.3) is 0 Å². The van der Waals surface area contributed by atoms with Crippen molar-refractivity contribution in [2.45, 2.75) is 26.3 Å². The van der Waals surface area contributed by atoms with Crippen LogP contribution >= 0.6 is 15.9 Å². The average molecular weight is 318 g/mol. The summed E-state index contributed by atoms with van der Waals surface area (Å²) in [6, 6.07) is 17.4. The van der Waals surface area contributed by atoms with E-state index in [0.29, 0.717) is 0 Å². The third-order valence-electron chi connectivity index (χ3n) is 3.19. The van der Waals surface area contributed by atoms with E-state index in [0.717, 1.165) is 17.4 Å². The molecule has 1 N–H and O–H groups in total. The lowest BCUT2D eigenvalue weighted by Crippen LogP contribution is -2.23. The Morgan fingerprint density at radius 2 is 1.89 bits per heavy atom. The van der Waals surface area contributed by atoms with Crippen molar-refractivity contribution in [2.75, 3.05) is 6.54 Å². The van der Waals surface area contributed by atoms with E-state index in [1.54, 1.807) is 0 Å². The third-order valence-corrected chi connectivity index (χ3v) is 3.91. The topological polar surface area (TPSA) is 12.0 Å². The molecule has 0 aliphatic rings. The van der Waals surface area contributed by atoms with Crippen molar-refractivity contribution in [1.82, 2.24) is 5.32 Å². The monoisotopic (exact) mass is 317 g/mol. The zero-order valence-electron chi connectivity index (χ0n) is 11.5. The van der Waals surface area contributed by atoms with Crippen LogP contribution in [-0.2, 0) is 0 Å². The maximum absolute atomic E-state index is 3.66. The van der Waals surface area contributed by atoms with Crippen LogP contribution in [-0.4, -0.2) is 6.54 Å². The molecule has 2 rings (SSSR count). The Kier molecular flexibility index (Phi) is 5.17. The van der Waals surface area contributed by atoms with E-state index < -0.39 is 0 Å². The van der Waals surface area contributed by atoms with Gasteiger partial charge in [-0.05, 0) is 37.1 Å². The summed E-state index contributed by atoms with van der Waals surface area (Å²) in [5.74, 6) is 0. The lowest BCUT2D eigenvalue weighted by molar-refractivity contribution is 0.596. The molecule has 0 bridgehead atoms. The number of aryl methyl sites for hydroxylation is 1. The van der Waals surface area contributed by atoms with E-state index in [1.165, 1.54) is 16.7 Å². The van der Waals surface area contributed by atoms with Gasteiger partial charge in [0.15, 0.2) is 0 Å². The van der Waals surface area contributed by atoms with Gasteiger partial charge in [-0.25, -0.2) is 0 Å². The SMILES string of the molecule is CCCNC(c1cccc(C)c1)c1ccccc1Br. The predicted molar refractivity (Wildman–Crippen MR) is 85.5 cm³/mol. The summed E-state index contributed by atoms with van der Waals surface area (Å²) in [5.41, 5.74) is 3.91. The van der Waals surface area contributed by atoms with Gasteiger partial charge in [0.05, 0.1) is 6.04 Å². The minimum Gasteiger partial charge on any atom is -0.306 e. The minimum atomic E-state index is 0.246. The van der Waals surface area contributed by atoms with E-state index in [1.807, 2.05) is 0 Å². The van der Waals surface area contributed by atoms with Crippen molar-refractivity contribution in [3.63, 3.8) is 0 Å². The second-order valence-electron chi connectivity index (χ2n) is 4.82. The van der Waals surface area contributed by atoms with Crippen molar-refractivity contribution in [3.8, 4) is 0 Å². The van der Waals surface area contributed by atoms with Crippen LogP contribution in [0.5, 0.6) is 0 Å². The molecule has 2 aromatic rings. The summed E-state index contributed by atoms with van der Waals surface area (Å²) < 4.78 is 1.16. The van der Waals surface area contributed by atoms with Crippen LogP contribution in [0.1, 0.15) is 36.1 Å². The zero-order valence-corrected chi connectivity index (χ0v) is 13.1. The molecular weight excluding hydrogens is 298 g/mol. The molecule has 1 nitrogen and oxygen atoms in total. The van der Waals surface area contributed by atoms with Crippen LogP contribution in [0.15, 0.2) is 53.0 Å². The predicted octanol–water partition coefficient (Wildman–Crippen LogP) is 4.85. The molecule has 0 saturated carbocycles. The fourth-order valence-electron chi connectivity index (χ4n) is 2.25. The molecule has 0 spiro atoms. The second kappa shape index (κ2) is 6.88. The second-order valence-corrected chi connectivity index (χ2v) is 5.68. The normalized spacial score (nSPS) is 12.4. The van der Waals surface area contributed by atoms with E-state index >= 15 is 0 Å². The molecule has 100 valence electrons. The number of halogens is 1. The molecule has 2 heteroatoms. The molecule has 19 heavy (non-hydrogen) atoms. The molecular formula is C17H20BrN. The smallest absolute Gasteiger partial charge is 0.0587 e.